The molecule has 11 heavy (non-hydrogen) atoms. The van der Waals surface area contributed by atoms with Crippen LogP contribution in [0.3, 0.4) is 0 Å². The molecule has 0 fully saturated rings. The molecule has 1 rings (SSSR count). The molecule has 1 aromatic rings. The van der Waals surface area contributed by atoms with Crippen LogP contribution < -0.4 is 0 Å². The first kappa shape index (κ1) is 9.81. The summed E-state index contributed by atoms with van der Waals surface area (Å²) >= 11 is 11.6. The average Bonchev–Trinajstić information content (AvgIpc) is 1.99. The first-order chi connectivity index (χ1) is 5.25. The molecule has 0 radical (unpaired) electrons. The van der Waals surface area contributed by atoms with Crippen LogP contribution in [0.1, 0.15) is 5.56 Å². The minimum atomic E-state index is 0.851. The third-order valence-corrected chi connectivity index (χ3v) is 3.70. The van der Waals surface area contributed by atoms with Crippen molar-refractivity contribution >= 4 is 50.1 Å². The minimum Gasteiger partial charge on any atom is -0.0924 e. The molecule has 0 heterocycles. The van der Waals surface area contributed by atoms with Gasteiger partial charge in [-0.05, 0) is 40.6 Å². The van der Waals surface area contributed by atoms with Gasteiger partial charge in [-0.1, -0.05) is 39.7 Å². The van der Waals surface area contributed by atoms with E-state index in [0.29, 0.717) is 0 Å². The second-order valence-electron chi connectivity index (χ2n) is 2.15. The summed E-state index contributed by atoms with van der Waals surface area (Å²) in [5.74, 6) is 0. The van der Waals surface area contributed by atoms with Crippen LogP contribution in [0.2, 0.25) is 5.02 Å². The van der Waals surface area contributed by atoms with Crippen LogP contribution in [-0.2, 0) is 6.42 Å². The molecule has 60 valence electrons. The van der Waals surface area contributed by atoms with Gasteiger partial charge >= 0.3 is 0 Å². The predicted molar refractivity (Wildman–Crippen MR) is 61.7 cm³/mol. The Hall–Kier alpha value is 0.720. The summed E-state index contributed by atoms with van der Waals surface area (Å²) < 4.78 is 1.17. The Morgan fingerprint density at radius 1 is 1.45 bits per heavy atom. The van der Waals surface area contributed by atoms with Gasteiger partial charge in [-0.25, -0.2) is 0 Å². The molecule has 0 atom stereocenters. The van der Waals surface area contributed by atoms with Gasteiger partial charge in [0, 0.05) is 8.90 Å². The van der Waals surface area contributed by atoms with E-state index in [2.05, 4.69) is 44.6 Å². The Morgan fingerprint density at radius 2 is 2.18 bits per heavy atom. The van der Waals surface area contributed by atoms with E-state index in [-0.39, 0.29) is 0 Å². The normalized spacial score (nSPS) is 10.1. The van der Waals surface area contributed by atoms with Crippen molar-refractivity contribution in [3.05, 3.63) is 32.4 Å². The second-order valence-corrected chi connectivity index (χ2v) is 4.43. The number of aryl methyl sites for hydroxylation is 1. The van der Waals surface area contributed by atoms with Crippen molar-refractivity contribution in [2.45, 2.75) is 6.42 Å². The highest BCUT2D eigenvalue weighted by molar-refractivity contribution is 14.1. The molecule has 0 bridgehead atoms. The van der Waals surface area contributed by atoms with Crippen LogP contribution in [0.4, 0.5) is 0 Å². The van der Waals surface area contributed by atoms with E-state index in [1.807, 2.05) is 12.1 Å². The maximum Gasteiger partial charge on any atom is 0.0542 e. The van der Waals surface area contributed by atoms with Gasteiger partial charge in [-0.2, -0.15) is 0 Å². The molecule has 0 nitrogen and oxygen atoms in total. The summed E-state index contributed by atoms with van der Waals surface area (Å²) in [6, 6.07) is 6.01. The third kappa shape index (κ3) is 2.60. The summed E-state index contributed by atoms with van der Waals surface area (Å²) in [6.45, 7) is 0. The number of benzene rings is 1. The molecule has 0 saturated heterocycles. The molecule has 0 aliphatic rings. The Kier molecular flexibility index (Phi) is 4.17. The second kappa shape index (κ2) is 4.67. The van der Waals surface area contributed by atoms with Crippen LogP contribution in [0.25, 0.3) is 0 Å². The Bertz CT molecular complexity index is 250. The lowest BCUT2D eigenvalue weighted by molar-refractivity contribution is 1.15. The van der Waals surface area contributed by atoms with Gasteiger partial charge in [0.05, 0.1) is 5.02 Å². The maximum absolute atomic E-state index is 5.93. The van der Waals surface area contributed by atoms with E-state index in [9.17, 15) is 0 Å². The zero-order chi connectivity index (χ0) is 8.27. The van der Waals surface area contributed by atoms with Crippen molar-refractivity contribution < 1.29 is 0 Å². The van der Waals surface area contributed by atoms with Crippen LogP contribution >= 0.6 is 50.1 Å². The fourth-order valence-electron chi connectivity index (χ4n) is 0.843. The SMILES string of the molecule is Clc1cccc(CCBr)c1I. The first-order valence-electron chi connectivity index (χ1n) is 3.24. The average molecular weight is 345 g/mol. The standard InChI is InChI=1S/C8H7BrClI/c9-5-4-6-2-1-3-7(10)8(6)11/h1-3H,4-5H2. The molecule has 0 spiro atoms. The summed E-state index contributed by atoms with van der Waals surface area (Å²) in [6.07, 6.45) is 1.04. The van der Waals surface area contributed by atoms with Gasteiger partial charge in [-0.15, -0.1) is 0 Å². The Labute approximate surface area is 93.6 Å². The zero-order valence-electron chi connectivity index (χ0n) is 5.78. The number of hydrogen-bond acceptors (Lipinski definition) is 0. The summed E-state index contributed by atoms with van der Waals surface area (Å²) in [5.41, 5.74) is 1.31. The zero-order valence-corrected chi connectivity index (χ0v) is 10.3. The van der Waals surface area contributed by atoms with E-state index in [1.165, 1.54) is 9.13 Å². The molecule has 3 heteroatoms. The van der Waals surface area contributed by atoms with Crippen molar-refractivity contribution in [3.63, 3.8) is 0 Å². The van der Waals surface area contributed by atoms with Gasteiger partial charge in [-0.3, -0.25) is 0 Å². The number of hydrogen-bond donors (Lipinski definition) is 0. The highest BCUT2D eigenvalue weighted by atomic mass is 127. The quantitative estimate of drug-likeness (QED) is 0.564. The molecule has 1 aromatic carbocycles. The van der Waals surface area contributed by atoms with E-state index < -0.39 is 0 Å². The monoisotopic (exact) mass is 344 g/mol. The molecule has 0 N–H and O–H groups in total. The van der Waals surface area contributed by atoms with Crippen LogP contribution in [-0.4, -0.2) is 5.33 Å². The topological polar surface area (TPSA) is 0 Å². The largest absolute Gasteiger partial charge is 0.0924 e. The molecule has 0 aliphatic heterocycles. The summed E-state index contributed by atoms with van der Waals surface area (Å²) in [4.78, 5) is 0. The maximum atomic E-state index is 5.93. The Morgan fingerprint density at radius 3 is 2.82 bits per heavy atom. The van der Waals surface area contributed by atoms with Crippen LogP contribution in [0.15, 0.2) is 18.2 Å². The summed E-state index contributed by atoms with van der Waals surface area (Å²) in [7, 11) is 0. The van der Waals surface area contributed by atoms with Crippen LogP contribution in [0, 0.1) is 3.57 Å². The fraction of sp³-hybridized carbons (Fsp3) is 0.250. The van der Waals surface area contributed by atoms with Gasteiger partial charge in [0.25, 0.3) is 0 Å². The first-order valence-corrected chi connectivity index (χ1v) is 5.82. The van der Waals surface area contributed by atoms with E-state index in [4.69, 9.17) is 11.6 Å². The molecule has 0 saturated carbocycles. The summed E-state index contributed by atoms with van der Waals surface area (Å²) in [5, 5.41) is 1.84. The minimum absolute atomic E-state index is 0.851. The van der Waals surface area contributed by atoms with Gasteiger partial charge in [0.1, 0.15) is 0 Å². The van der Waals surface area contributed by atoms with Crippen molar-refractivity contribution in [2.75, 3.05) is 5.33 Å². The lowest BCUT2D eigenvalue weighted by atomic mass is 10.2. The van der Waals surface area contributed by atoms with Crippen molar-refractivity contribution in [1.82, 2.24) is 0 Å². The lowest BCUT2D eigenvalue weighted by Crippen LogP contribution is -1.89. The highest BCUT2D eigenvalue weighted by Gasteiger charge is 2.01. The van der Waals surface area contributed by atoms with E-state index in [1.54, 1.807) is 0 Å². The number of halogens is 3. The van der Waals surface area contributed by atoms with Gasteiger partial charge in [0.2, 0.25) is 0 Å². The van der Waals surface area contributed by atoms with Crippen molar-refractivity contribution in [3.8, 4) is 0 Å². The smallest absolute Gasteiger partial charge is 0.0542 e. The molecule has 0 unspecified atom stereocenters. The molecule has 0 aromatic heterocycles. The Balaban J connectivity index is 2.96. The van der Waals surface area contributed by atoms with E-state index >= 15 is 0 Å². The molecule has 0 amide bonds. The fourth-order valence-corrected chi connectivity index (χ4v) is 2.09. The van der Waals surface area contributed by atoms with Gasteiger partial charge in [0.15, 0.2) is 0 Å². The lowest BCUT2D eigenvalue weighted by Gasteiger charge is -2.02. The van der Waals surface area contributed by atoms with Gasteiger partial charge < -0.3 is 0 Å². The molecular weight excluding hydrogens is 338 g/mol. The predicted octanol–water partition coefficient (Wildman–Crippen LogP) is 3.88. The highest BCUT2D eigenvalue weighted by Crippen LogP contribution is 2.22. The van der Waals surface area contributed by atoms with Crippen molar-refractivity contribution in [1.29, 1.82) is 0 Å². The van der Waals surface area contributed by atoms with Crippen LogP contribution in [0.5, 0.6) is 0 Å². The number of alkyl halides is 1. The van der Waals surface area contributed by atoms with Crippen molar-refractivity contribution in [2.24, 2.45) is 0 Å². The molecular formula is C8H7BrClI. The molecule has 0 aliphatic carbocycles. The number of rotatable bonds is 2. The third-order valence-electron chi connectivity index (χ3n) is 1.40. The van der Waals surface area contributed by atoms with E-state index in [0.717, 1.165) is 16.8 Å².